The van der Waals surface area contributed by atoms with Crippen LogP contribution in [0.15, 0.2) is 47.9 Å². The summed E-state index contributed by atoms with van der Waals surface area (Å²) in [6, 6.07) is 6.80. The molecule has 0 fully saturated rings. The molecule has 1 amide bonds. The smallest absolute Gasteiger partial charge is 0.251 e. The summed E-state index contributed by atoms with van der Waals surface area (Å²) in [6.07, 6.45) is 7.10. The van der Waals surface area contributed by atoms with Crippen molar-refractivity contribution in [2.45, 2.75) is 24.4 Å². The predicted octanol–water partition coefficient (Wildman–Crippen LogP) is 2.10. The molecule has 2 rings (SSSR count). The minimum absolute atomic E-state index is 0.143. The second-order valence-corrected chi connectivity index (χ2v) is 5.88. The first-order valence-corrected chi connectivity index (χ1v) is 8.18. The Labute approximate surface area is 126 Å². The molecule has 0 aromatic carbocycles. The monoisotopic (exact) mass is 303 g/mol. The van der Waals surface area contributed by atoms with Crippen molar-refractivity contribution in [3.8, 4) is 0 Å². The van der Waals surface area contributed by atoms with E-state index < -0.39 is 10.8 Å². The van der Waals surface area contributed by atoms with Crippen molar-refractivity contribution in [3.63, 3.8) is 0 Å². The Morgan fingerprint density at radius 3 is 2.62 bits per heavy atom. The van der Waals surface area contributed by atoms with E-state index in [0.29, 0.717) is 10.6 Å². The van der Waals surface area contributed by atoms with E-state index in [1.54, 1.807) is 43.0 Å². The summed E-state index contributed by atoms with van der Waals surface area (Å²) in [5, 5.41) is 3.49. The van der Waals surface area contributed by atoms with E-state index >= 15 is 0 Å². The van der Waals surface area contributed by atoms with Crippen molar-refractivity contribution >= 4 is 16.7 Å². The van der Waals surface area contributed by atoms with Gasteiger partial charge in [-0.2, -0.15) is 0 Å². The van der Waals surface area contributed by atoms with Crippen LogP contribution in [0.3, 0.4) is 0 Å². The van der Waals surface area contributed by atoms with E-state index in [4.69, 9.17) is 0 Å². The van der Waals surface area contributed by atoms with E-state index in [9.17, 15) is 9.00 Å². The average Bonchev–Trinajstić information content (AvgIpc) is 2.53. The topological polar surface area (TPSA) is 72.0 Å². The molecule has 0 saturated carbocycles. The fourth-order valence-corrected chi connectivity index (χ4v) is 2.48. The molecule has 0 radical (unpaired) electrons. The summed E-state index contributed by atoms with van der Waals surface area (Å²) in [7, 11) is -1.14. The summed E-state index contributed by atoms with van der Waals surface area (Å²) in [6.45, 7) is 1.99. The Hall–Kier alpha value is -2.08. The molecule has 6 heteroatoms. The second kappa shape index (κ2) is 7.08. The number of nitrogens with one attached hydrogen (secondary N) is 1. The molecule has 0 aliphatic rings. The minimum atomic E-state index is -1.14. The first kappa shape index (κ1) is 15.3. The molecule has 0 aliphatic heterocycles. The number of hydrogen-bond donors (Lipinski definition) is 1. The van der Waals surface area contributed by atoms with E-state index in [-0.39, 0.29) is 11.9 Å². The van der Waals surface area contributed by atoms with Crippen molar-refractivity contribution in [1.29, 1.82) is 0 Å². The Balaban J connectivity index is 2.18. The van der Waals surface area contributed by atoms with Crippen LogP contribution in [0.25, 0.3) is 0 Å². The van der Waals surface area contributed by atoms with Gasteiger partial charge in [0, 0.05) is 30.4 Å². The van der Waals surface area contributed by atoms with Crippen LogP contribution in [0.1, 0.15) is 35.3 Å². The van der Waals surface area contributed by atoms with Crippen LogP contribution in [0.5, 0.6) is 0 Å². The van der Waals surface area contributed by atoms with Gasteiger partial charge in [0.2, 0.25) is 0 Å². The molecule has 2 atom stereocenters. The van der Waals surface area contributed by atoms with Gasteiger partial charge in [-0.3, -0.25) is 14.0 Å². The van der Waals surface area contributed by atoms with Gasteiger partial charge in [-0.05, 0) is 36.2 Å². The molecule has 0 bridgehead atoms. The highest BCUT2D eigenvalue weighted by atomic mass is 32.2. The third-order valence-electron chi connectivity index (χ3n) is 3.11. The SMILES string of the molecule is CC[C@H](NC(=O)c1ccncc1)c1ccnc([S@](C)=O)c1. The number of aromatic nitrogens is 2. The fourth-order valence-electron chi connectivity index (χ4n) is 1.96. The maximum Gasteiger partial charge on any atom is 0.251 e. The van der Waals surface area contributed by atoms with Gasteiger partial charge in [0.1, 0.15) is 5.03 Å². The Kier molecular flexibility index (Phi) is 5.16. The van der Waals surface area contributed by atoms with Gasteiger partial charge in [0.25, 0.3) is 5.91 Å². The molecule has 21 heavy (non-hydrogen) atoms. The number of carbonyl (C=O) groups excluding carboxylic acids is 1. The molecule has 0 saturated heterocycles. The van der Waals surface area contributed by atoms with Crippen molar-refractivity contribution in [2.24, 2.45) is 0 Å². The van der Waals surface area contributed by atoms with Crippen LogP contribution in [0, 0.1) is 0 Å². The average molecular weight is 303 g/mol. The first-order chi connectivity index (χ1) is 10.1. The zero-order valence-electron chi connectivity index (χ0n) is 11.9. The van der Waals surface area contributed by atoms with Gasteiger partial charge >= 0.3 is 0 Å². The summed E-state index contributed by atoms with van der Waals surface area (Å²) < 4.78 is 11.5. The van der Waals surface area contributed by atoms with Crippen molar-refractivity contribution < 1.29 is 9.00 Å². The molecule has 5 nitrogen and oxygen atoms in total. The van der Waals surface area contributed by atoms with Gasteiger partial charge in [0.05, 0.1) is 16.8 Å². The highest BCUT2D eigenvalue weighted by molar-refractivity contribution is 7.84. The van der Waals surface area contributed by atoms with E-state index in [0.717, 1.165) is 12.0 Å². The van der Waals surface area contributed by atoms with Gasteiger partial charge in [-0.15, -0.1) is 0 Å². The molecular formula is C15H17N3O2S. The summed E-state index contributed by atoms with van der Waals surface area (Å²) in [4.78, 5) is 20.2. The lowest BCUT2D eigenvalue weighted by Gasteiger charge is -2.17. The zero-order valence-corrected chi connectivity index (χ0v) is 12.8. The standard InChI is InChI=1S/C15H17N3O2S/c1-3-13(12-6-9-17-14(10-12)21(2)20)18-15(19)11-4-7-16-8-5-11/h4-10,13H,3H2,1-2H3,(H,18,19)/t13-,21-/m0/s1. The van der Waals surface area contributed by atoms with Crippen LogP contribution in [0.4, 0.5) is 0 Å². The summed E-state index contributed by atoms with van der Waals surface area (Å²) in [5.74, 6) is -0.153. The van der Waals surface area contributed by atoms with Crippen LogP contribution in [-0.2, 0) is 10.8 Å². The van der Waals surface area contributed by atoms with Gasteiger partial charge in [-0.1, -0.05) is 6.92 Å². The van der Waals surface area contributed by atoms with Gasteiger partial charge < -0.3 is 5.32 Å². The van der Waals surface area contributed by atoms with Gasteiger partial charge in [-0.25, -0.2) is 4.98 Å². The number of amides is 1. The zero-order chi connectivity index (χ0) is 15.2. The molecule has 1 N–H and O–H groups in total. The van der Waals surface area contributed by atoms with E-state index in [2.05, 4.69) is 15.3 Å². The largest absolute Gasteiger partial charge is 0.345 e. The quantitative estimate of drug-likeness (QED) is 0.918. The van der Waals surface area contributed by atoms with Crippen LogP contribution >= 0.6 is 0 Å². The predicted molar refractivity (Wildman–Crippen MR) is 81.3 cm³/mol. The molecule has 0 spiro atoms. The number of rotatable bonds is 5. The number of pyridine rings is 2. The highest BCUT2D eigenvalue weighted by Gasteiger charge is 2.15. The minimum Gasteiger partial charge on any atom is -0.345 e. The lowest BCUT2D eigenvalue weighted by Crippen LogP contribution is -2.28. The van der Waals surface area contributed by atoms with E-state index in [1.165, 1.54) is 0 Å². The number of nitrogens with zero attached hydrogens (tertiary/aromatic N) is 2. The van der Waals surface area contributed by atoms with Crippen LogP contribution < -0.4 is 5.32 Å². The molecule has 2 heterocycles. The van der Waals surface area contributed by atoms with Crippen LogP contribution in [0.2, 0.25) is 0 Å². The summed E-state index contributed by atoms with van der Waals surface area (Å²) >= 11 is 0. The molecule has 0 unspecified atom stereocenters. The number of hydrogen-bond acceptors (Lipinski definition) is 4. The molecule has 2 aromatic heterocycles. The lowest BCUT2D eigenvalue weighted by atomic mass is 10.1. The molecule has 110 valence electrons. The second-order valence-electron chi connectivity index (χ2n) is 4.55. The Bertz CT molecular complexity index is 646. The highest BCUT2D eigenvalue weighted by Crippen LogP contribution is 2.18. The lowest BCUT2D eigenvalue weighted by molar-refractivity contribution is 0.0935. The Morgan fingerprint density at radius 1 is 1.29 bits per heavy atom. The molecular weight excluding hydrogens is 286 g/mol. The van der Waals surface area contributed by atoms with Crippen molar-refractivity contribution in [3.05, 3.63) is 54.0 Å². The third-order valence-corrected chi connectivity index (χ3v) is 3.92. The maximum absolute atomic E-state index is 12.2. The normalized spacial score (nSPS) is 13.4. The van der Waals surface area contributed by atoms with E-state index in [1.807, 2.05) is 13.0 Å². The summed E-state index contributed by atoms with van der Waals surface area (Å²) in [5.41, 5.74) is 1.47. The third kappa shape index (κ3) is 3.95. The fraction of sp³-hybridized carbons (Fsp3) is 0.267. The number of carbonyl (C=O) groups is 1. The van der Waals surface area contributed by atoms with Crippen LogP contribution in [-0.4, -0.2) is 26.3 Å². The van der Waals surface area contributed by atoms with Crippen molar-refractivity contribution in [2.75, 3.05) is 6.26 Å². The maximum atomic E-state index is 12.2. The molecule has 2 aromatic rings. The Morgan fingerprint density at radius 2 is 2.00 bits per heavy atom. The molecule has 0 aliphatic carbocycles. The van der Waals surface area contributed by atoms with Crippen molar-refractivity contribution in [1.82, 2.24) is 15.3 Å². The van der Waals surface area contributed by atoms with Gasteiger partial charge in [0.15, 0.2) is 0 Å². The first-order valence-electron chi connectivity index (χ1n) is 6.62.